The number of nitrogen functional groups attached to an aromatic ring is 1. The van der Waals surface area contributed by atoms with Crippen LogP contribution in [0.15, 0.2) is 12.3 Å². The van der Waals surface area contributed by atoms with Gasteiger partial charge in [-0.25, -0.2) is 22.9 Å². The Morgan fingerprint density at radius 3 is 2.80 bits per heavy atom. The minimum Gasteiger partial charge on any atom is -0.462 e. The lowest BCUT2D eigenvalue weighted by molar-refractivity contribution is 0.0527. The Balaban J connectivity index is 2.77. The van der Waals surface area contributed by atoms with Crippen LogP contribution in [0.1, 0.15) is 17.3 Å². The molecule has 0 saturated heterocycles. The van der Waals surface area contributed by atoms with Crippen molar-refractivity contribution in [3.63, 3.8) is 0 Å². The number of esters is 1. The van der Waals surface area contributed by atoms with E-state index in [1.807, 2.05) is 0 Å². The maximum Gasteiger partial charge on any atom is 0.340 e. The normalized spacial score (nSPS) is 11.1. The van der Waals surface area contributed by atoms with Gasteiger partial charge in [0, 0.05) is 12.7 Å². The number of nitrogens with two attached hydrogens (primary N) is 1. The first-order valence-corrected chi connectivity index (χ1v) is 7.63. The molecule has 1 rings (SSSR count). The molecule has 0 saturated carbocycles. The van der Waals surface area contributed by atoms with Crippen molar-refractivity contribution in [3.05, 3.63) is 17.8 Å². The Morgan fingerprint density at radius 2 is 2.20 bits per heavy atom. The molecule has 0 amide bonds. The third-order valence-electron chi connectivity index (χ3n) is 2.46. The minimum atomic E-state index is -3.31. The first-order chi connectivity index (χ1) is 9.41. The average molecular weight is 302 g/mol. The molecule has 1 aromatic heterocycles. The zero-order valence-electron chi connectivity index (χ0n) is 11.3. The largest absolute Gasteiger partial charge is 0.462 e. The molecule has 1 aromatic rings. The maximum absolute atomic E-state index is 11.6. The van der Waals surface area contributed by atoms with E-state index in [4.69, 9.17) is 10.5 Å². The highest BCUT2D eigenvalue weighted by atomic mass is 32.2. The number of sulfonamides is 1. The Morgan fingerprint density at radius 1 is 1.50 bits per heavy atom. The van der Waals surface area contributed by atoms with Gasteiger partial charge in [-0.2, -0.15) is 0 Å². The molecule has 0 atom stereocenters. The fourth-order valence-electron chi connectivity index (χ4n) is 1.41. The van der Waals surface area contributed by atoms with Gasteiger partial charge in [-0.15, -0.1) is 0 Å². The summed E-state index contributed by atoms with van der Waals surface area (Å²) < 4.78 is 29.6. The van der Waals surface area contributed by atoms with E-state index in [9.17, 15) is 13.2 Å². The molecule has 0 unspecified atom stereocenters. The van der Waals surface area contributed by atoms with E-state index < -0.39 is 16.0 Å². The van der Waals surface area contributed by atoms with Gasteiger partial charge in [-0.3, -0.25) is 0 Å². The number of anilines is 2. The van der Waals surface area contributed by atoms with E-state index in [0.29, 0.717) is 0 Å². The van der Waals surface area contributed by atoms with Crippen LogP contribution < -0.4 is 15.8 Å². The van der Waals surface area contributed by atoms with Crippen molar-refractivity contribution >= 4 is 27.5 Å². The number of carbonyl (C=O) groups is 1. The van der Waals surface area contributed by atoms with Gasteiger partial charge in [0.05, 0.1) is 23.6 Å². The summed E-state index contributed by atoms with van der Waals surface area (Å²) in [6, 6.07) is 1.45. The molecule has 0 spiro atoms. The lowest BCUT2D eigenvalue weighted by atomic mass is 10.2. The molecule has 4 N–H and O–H groups in total. The van der Waals surface area contributed by atoms with Gasteiger partial charge in [0.15, 0.2) is 0 Å². The van der Waals surface area contributed by atoms with Crippen LogP contribution in [0, 0.1) is 0 Å². The summed E-state index contributed by atoms with van der Waals surface area (Å²) in [5, 5.41) is 2.78. The third kappa shape index (κ3) is 4.35. The van der Waals surface area contributed by atoms with Crippen molar-refractivity contribution in [1.82, 2.24) is 9.71 Å². The van der Waals surface area contributed by atoms with Gasteiger partial charge >= 0.3 is 5.97 Å². The number of carbonyl (C=O) groups excluding carboxylic acids is 1. The molecular weight excluding hydrogens is 284 g/mol. The van der Waals surface area contributed by atoms with E-state index in [1.165, 1.54) is 19.3 Å². The Labute approximate surface area is 117 Å². The Bertz CT molecular complexity index is 574. The van der Waals surface area contributed by atoms with Gasteiger partial charge in [0.25, 0.3) is 0 Å². The summed E-state index contributed by atoms with van der Waals surface area (Å²) in [5.74, 6) is -0.422. The number of nitrogens with one attached hydrogen (secondary N) is 2. The summed E-state index contributed by atoms with van der Waals surface area (Å²) in [5.41, 5.74) is 6.13. The number of aromatic nitrogens is 1. The van der Waals surface area contributed by atoms with Crippen molar-refractivity contribution in [2.45, 2.75) is 6.92 Å². The number of ether oxygens (including phenoxy) is 1. The summed E-state index contributed by atoms with van der Waals surface area (Å²) in [6.45, 7) is 2.05. The van der Waals surface area contributed by atoms with Gasteiger partial charge in [-0.1, -0.05) is 0 Å². The van der Waals surface area contributed by atoms with Gasteiger partial charge < -0.3 is 15.8 Å². The van der Waals surface area contributed by atoms with Gasteiger partial charge in [0.1, 0.15) is 5.82 Å². The van der Waals surface area contributed by atoms with E-state index >= 15 is 0 Å². The average Bonchev–Trinajstić information content (AvgIpc) is 2.41. The maximum atomic E-state index is 11.6. The van der Waals surface area contributed by atoms with Crippen LogP contribution in [-0.4, -0.2) is 45.3 Å². The number of nitrogens with zero attached hydrogens (tertiary/aromatic N) is 1. The van der Waals surface area contributed by atoms with Crippen molar-refractivity contribution in [2.24, 2.45) is 0 Å². The second-order valence-electron chi connectivity index (χ2n) is 3.79. The monoisotopic (exact) mass is 302 g/mol. The van der Waals surface area contributed by atoms with Gasteiger partial charge in [-0.05, 0) is 20.0 Å². The summed E-state index contributed by atoms with van der Waals surface area (Å²) in [6.07, 6.45) is 1.40. The highest BCUT2D eigenvalue weighted by Gasteiger charge is 2.15. The summed E-state index contributed by atoms with van der Waals surface area (Å²) >= 11 is 0. The Kier molecular flexibility index (Phi) is 5.71. The van der Waals surface area contributed by atoms with E-state index in [1.54, 1.807) is 6.92 Å². The zero-order chi connectivity index (χ0) is 15.2. The quantitative estimate of drug-likeness (QED) is 0.596. The molecular formula is C11H18N4O4S. The first kappa shape index (κ1) is 16.2. The molecule has 20 heavy (non-hydrogen) atoms. The molecule has 112 valence electrons. The van der Waals surface area contributed by atoms with Crippen LogP contribution in [0.5, 0.6) is 0 Å². The molecule has 0 bridgehead atoms. The standard InChI is InChI=1S/C11H18N4O4S/c1-3-19-11(16)8-4-5-14-10(9(8)12)15-6-7-20(17,18)13-2/h4-5,13H,3,6-7,12H2,1-2H3,(H,14,15). The van der Waals surface area contributed by atoms with Crippen LogP contribution in [-0.2, 0) is 14.8 Å². The zero-order valence-corrected chi connectivity index (χ0v) is 12.2. The highest BCUT2D eigenvalue weighted by molar-refractivity contribution is 7.89. The predicted octanol–water partition coefficient (Wildman–Crippen LogP) is -0.198. The number of rotatable bonds is 7. The molecule has 0 aliphatic heterocycles. The lowest BCUT2D eigenvalue weighted by Crippen LogP contribution is -2.26. The molecule has 0 aliphatic rings. The van der Waals surface area contributed by atoms with Crippen LogP contribution in [0.3, 0.4) is 0 Å². The van der Waals surface area contributed by atoms with E-state index in [0.717, 1.165) is 0 Å². The summed E-state index contributed by atoms with van der Waals surface area (Å²) in [7, 11) is -1.97. The molecule has 1 heterocycles. The van der Waals surface area contributed by atoms with Gasteiger partial charge in [0.2, 0.25) is 10.0 Å². The highest BCUT2D eigenvalue weighted by Crippen LogP contribution is 2.20. The number of hydrogen-bond donors (Lipinski definition) is 3. The fraction of sp³-hybridized carbons (Fsp3) is 0.455. The first-order valence-electron chi connectivity index (χ1n) is 5.98. The third-order valence-corrected chi connectivity index (χ3v) is 3.82. The van der Waals surface area contributed by atoms with Crippen molar-refractivity contribution < 1.29 is 17.9 Å². The smallest absolute Gasteiger partial charge is 0.340 e. The number of pyridine rings is 1. The number of hydrogen-bond acceptors (Lipinski definition) is 7. The van der Waals surface area contributed by atoms with Crippen molar-refractivity contribution in [2.75, 3.05) is 37.0 Å². The second-order valence-corrected chi connectivity index (χ2v) is 5.84. The molecule has 8 nitrogen and oxygen atoms in total. The Hall–Kier alpha value is -1.87. The predicted molar refractivity (Wildman–Crippen MR) is 75.9 cm³/mol. The molecule has 0 aliphatic carbocycles. The van der Waals surface area contributed by atoms with E-state index in [2.05, 4.69) is 15.0 Å². The topological polar surface area (TPSA) is 123 Å². The minimum absolute atomic E-state index is 0.118. The SMILES string of the molecule is CCOC(=O)c1ccnc(NCCS(=O)(=O)NC)c1N. The lowest BCUT2D eigenvalue weighted by Gasteiger charge is -2.11. The van der Waals surface area contributed by atoms with Crippen molar-refractivity contribution in [3.8, 4) is 0 Å². The van der Waals surface area contributed by atoms with Crippen LogP contribution >= 0.6 is 0 Å². The molecule has 0 aromatic carbocycles. The fourth-order valence-corrected chi connectivity index (χ4v) is 1.98. The van der Waals surface area contributed by atoms with Crippen LogP contribution in [0.2, 0.25) is 0 Å². The van der Waals surface area contributed by atoms with Crippen LogP contribution in [0.25, 0.3) is 0 Å². The second kappa shape index (κ2) is 7.06. The molecule has 0 radical (unpaired) electrons. The summed E-state index contributed by atoms with van der Waals surface area (Å²) in [4.78, 5) is 15.6. The van der Waals surface area contributed by atoms with E-state index in [-0.39, 0.29) is 36.0 Å². The van der Waals surface area contributed by atoms with Crippen molar-refractivity contribution in [1.29, 1.82) is 0 Å². The van der Waals surface area contributed by atoms with Crippen LogP contribution in [0.4, 0.5) is 11.5 Å². The molecule has 9 heteroatoms. The molecule has 0 fully saturated rings.